The van der Waals surface area contributed by atoms with Crippen LogP contribution in [0.5, 0.6) is 0 Å². The number of nitrogens with zero attached hydrogens (tertiary/aromatic N) is 2. The molecule has 1 saturated heterocycles. The number of aliphatic carboxylic acids is 1. The molecule has 0 radical (unpaired) electrons. The number of rotatable bonds is 6. The van der Waals surface area contributed by atoms with E-state index >= 15 is 0 Å². The van der Waals surface area contributed by atoms with Crippen molar-refractivity contribution in [2.45, 2.75) is 63.1 Å². The molecule has 192 valence electrons. The number of alkyl halides is 3. The smallest absolute Gasteiger partial charge is 0.475 e. The Kier molecular flexibility index (Phi) is 9.89. The number of piperazine rings is 1. The van der Waals surface area contributed by atoms with E-state index in [1.807, 2.05) is 24.8 Å². The van der Waals surface area contributed by atoms with E-state index in [0.29, 0.717) is 18.0 Å². The highest BCUT2D eigenvalue weighted by atomic mass is 32.2. The second-order valence-corrected chi connectivity index (χ2v) is 10.4. The second kappa shape index (κ2) is 12.0. The number of benzene rings is 1. The summed E-state index contributed by atoms with van der Waals surface area (Å²) in [6.45, 7) is 7.19. The monoisotopic (exact) mass is 507 g/mol. The molecule has 1 aliphatic carbocycles. The van der Waals surface area contributed by atoms with Gasteiger partial charge in [-0.2, -0.15) is 17.5 Å². The predicted octanol–water partition coefficient (Wildman–Crippen LogP) is 2.69. The summed E-state index contributed by atoms with van der Waals surface area (Å²) < 4.78 is 60.1. The first-order valence-corrected chi connectivity index (χ1v) is 12.7. The third kappa shape index (κ3) is 7.67. The lowest BCUT2D eigenvalue weighted by Crippen LogP contribution is -2.48. The lowest BCUT2D eigenvalue weighted by molar-refractivity contribution is -0.192. The molecule has 0 atom stereocenters. The molecular weight excluding hydrogens is 475 g/mol. The Morgan fingerprint density at radius 3 is 2.18 bits per heavy atom. The van der Waals surface area contributed by atoms with Crippen LogP contribution >= 0.6 is 0 Å². The fourth-order valence-corrected chi connectivity index (χ4v) is 5.75. The van der Waals surface area contributed by atoms with E-state index < -0.39 is 22.2 Å². The highest BCUT2D eigenvalue weighted by Gasteiger charge is 2.38. The summed E-state index contributed by atoms with van der Waals surface area (Å²) in [6, 6.07) is 5.32. The van der Waals surface area contributed by atoms with Crippen molar-refractivity contribution < 1.29 is 36.3 Å². The van der Waals surface area contributed by atoms with Crippen molar-refractivity contribution in [1.82, 2.24) is 14.5 Å². The number of carboxylic acid groups (broad SMARTS) is 1. The lowest BCUT2D eigenvalue weighted by atomic mass is 10.1. The first kappa shape index (κ1) is 28.1. The van der Waals surface area contributed by atoms with Gasteiger partial charge in [0.15, 0.2) is 0 Å². The zero-order valence-electron chi connectivity index (χ0n) is 19.4. The molecule has 34 heavy (non-hydrogen) atoms. The second-order valence-electron chi connectivity index (χ2n) is 8.48. The minimum atomic E-state index is -5.08. The van der Waals surface area contributed by atoms with Crippen LogP contribution in [0.4, 0.5) is 13.2 Å². The van der Waals surface area contributed by atoms with E-state index in [-0.39, 0.29) is 24.9 Å². The number of carbonyl (C=O) groups is 2. The number of hydrogen-bond donors (Lipinski definition) is 2. The van der Waals surface area contributed by atoms with Gasteiger partial charge in [0.1, 0.15) is 0 Å². The van der Waals surface area contributed by atoms with Gasteiger partial charge in [0.25, 0.3) is 0 Å². The molecule has 2 N–H and O–H groups in total. The van der Waals surface area contributed by atoms with Gasteiger partial charge in [-0.05, 0) is 49.9 Å². The van der Waals surface area contributed by atoms with E-state index in [9.17, 15) is 26.4 Å². The van der Waals surface area contributed by atoms with Gasteiger partial charge in [-0.1, -0.05) is 18.9 Å². The molecule has 1 aliphatic heterocycles. The minimum absolute atomic E-state index is 0.00688. The van der Waals surface area contributed by atoms with Gasteiger partial charge in [0.05, 0.1) is 4.90 Å². The normalized spacial score (nSPS) is 17.4. The molecule has 0 aromatic heterocycles. The van der Waals surface area contributed by atoms with Crippen LogP contribution in [0.3, 0.4) is 0 Å². The number of aryl methyl sites for hydroxylation is 2. The highest BCUT2D eigenvalue weighted by molar-refractivity contribution is 7.89. The lowest BCUT2D eigenvalue weighted by Gasteiger charge is -2.31. The van der Waals surface area contributed by atoms with E-state index in [1.165, 1.54) is 0 Å². The van der Waals surface area contributed by atoms with Crippen LogP contribution in [-0.2, 0) is 19.6 Å². The Labute approximate surface area is 198 Å². The number of hydrogen-bond acceptors (Lipinski definition) is 5. The summed E-state index contributed by atoms with van der Waals surface area (Å²) in [7, 11) is -3.60. The van der Waals surface area contributed by atoms with Crippen molar-refractivity contribution in [2.75, 3.05) is 32.7 Å². The van der Waals surface area contributed by atoms with Gasteiger partial charge in [-0.25, -0.2) is 13.2 Å². The molecule has 1 heterocycles. The topological polar surface area (TPSA) is 107 Å². The average Bonchev–Trinajstić information content (AvgIpc) is 3.30. The number of carbonyl (C=O) groups excluding carboxylic acids is 1. The van der Waals surface area contributed by atoms with Crippen molar-refractivity contribution in [2.24, 2.45) is 0 Å². The number of nitrogens with one attached hydrogen (secondary N) is 1. The fourth-order valence-electron chi connectivity index (χ4n) is 3.98. The summed E-state index contributed by atoms with van der Waals surface area (Å²) >= 11 is 0. The summed E-state index contributed by atoms with van der Waals surface area (Å²) in [6.07, 6.45) is -0.969. The van der Waals surface area contributed by atoms with Crippen LogP contribution in [0, 0.1) is 13.8 Å². The van der Waals surface area contributed by atoms with Gasteiger partial charge in [-0.3, -0.25) is 4.79 Å². The molecular formula is C22H32F3N3O5S. The maximum atomic E-state index is 13.4. The van der Waals surface area contributed by atoms with Crippen molar-refractivity contribution >= 4 is 21.9 Å². The molecule has 0 spiro atoms. The predicted molar refractivity (Wildman–Crippen MR) is 120 cm³/mol. The molecule has 2 fully saturated rings. The number of amides is 1. The summed E-state index contributed by atoms with van der Waals surface area (Å²) in [4.78, 5) is 23.6. The highest BCUT2D eigenvalue weighted by Crippen LogP contribution is 2.29. The van der Waals surface area contributed by atoms with Crippen LogP contribution < -0.4 is 5.32 Å². The quantitative estimate of drug-likeness (QED) is 0.613. The standard InChI is InChI=1S/C20H31N3O3S.C2HF3O2/c1-16-7-8-19(15-17(16)2)27(25,26)23(18-5-3-4-6-18)12-9-20(24)22-13-10-21-11-14-22;3-2(4,5)1(6)7/h7-8,15,18,21H,3-6,9-14H2,1-2H3;(H,6,7). The Morgan fingerprint density at radius 1 is 1.12 bits per heavy atom. The van der Waals surface area contributed by atoms with E-state index in [0.717, 1.165) is 49.9 Å². The first-order chi connectivity index (χ1) is 15.8. The number of carboxylic acids is 1. The number of sulfonamides is 1. The number of halogens is 3. The first-order valence-electron chi connectivity index (χ1n) is 11.2. The van der Waals surface area contributed by atoms with E-state index in [1.54, 1.807) is 16.4 Å². The third-order valence-electron chi connectivity index (χ3n) is 6.08. The Morgan fingerprint density at radius 2 is 1.68 bits per heavy atom. The zero-order valence-corrected chi connectivity index (χ0v) is 20.2. The fraction of sp³-hybridized carbons (Fsp3) is 0.636. The molecule has 1 aromatic rings. The van der Waals surface area contributed by atoms with Gasteiger partial charge in [0, 0.05) is 45.2 Å². The van der Waals surface area contributed by atoms with Crippen molar-refractivity contribution in [3.05, 3.63) is 29.3 Å². The van der Waals surface area contributed by atoms with E-state index in [2.05, 4.69) is 5.32 Å². The zero-order chi connectivity index (χ0) is 25.5. The molecule has 2 aliphatic rings. The third-order valence-corrected chi connectivity index (χ3v) is 8.02. The molecule has 1 aromatic carbocycles. The Hall–Kier alpha value is -2.18. The molecule has 1 saturated carbocycles. The maximum absolute atomic E-state index is 13.4. The van der Waals surface area contributed by atoms with Gasteiger partial charge in [-0.15, -0.1) is 0 Å². The maximum Gasteiger partial charge on any atom is 0.490 e. The average molecular weight is 508 g/mol. The van der Waals surface area contributed by atoms with Crippen molar-refractivity contribution in [3.63, 3.8) is 0 Å². The molecule has 0 bridgehead atoms. The molecule has 3 rings (SSSR count). The Balaban J connectivity index is 0.000000509. The minimum Gasteiger partial charge on any atom is -0.475 e. The van der Waals surface area contributed by atoms with Gasteiger partial charge in [0.2, 0.25) is 15.9 Å². The SMILES string of the molecule is Cc1ccc(S(=O)(=O)N(CCC(=O)N2CCNCC2)C2CCCC2)cc1C.O=C(O)C(F)(F)F. The molecule has 1 amide bonds. The van der Waals surface area contributed by atoms with Crippen LogP contribution in [0.2, 0.25) is 0 Å². The largest absolute Gasteiger partial charge is 0.490 e. The van der Waals surface area contributed by atoms with Crippen LogP contribution in [0.15, 0.2) is 23.1 Å². The molecule has 12 heteroatoms. The molecule has 8 nitrogen and oxygen atoms in total. The summed E-state index contributed by atoms with van der Waals surface area (Å²) in [5.41, 5.74) is 2.05. The van der Waals surface area contributed by atoms with Crippen LogP contribution in [0.1, 0.15) is 43.2 Å². The van der Waals surface area contributed by atoms with Crippen molar-refractivity contribution in [3.8, 4) is 0 Å². The van der Waals surface area contributed by atoms with Crippen LogP contribution in [0.25, 0.3) is 0 Å². The molecule has 0 unspecified atom stereocenters. The summed E-state index contributed by atoms with van der Waals surface area (Å²) in [5.74, 6) is -2.71. The van der Waals surface area contributed by atoms with Crippen molar-refractivity contribution in [1.29, 1.82) is 0 Å². The van der Waals surface area contributed by atoms with Crippen LogP contribution in [-0.4, -0.2) is 79.5 Å². The summed E-state index contributed by atoms with van der Waals surface area (Å²) in [5, 5.41) is 10.4. The van der Waals surface area contributed by atoms with Gasteiger partial charge >= 0.3 is 12.1 Å². The van der Waals surface area contributed by atoms with E-state index in [4.69, 9.17) is 9.90 Å². The van der Waals surface area contributed by atoms with Gasteiger partial charge < -0.3 is 15.3 Å². The Bertz CT molecular complexity index is 957.